The van der Waals surface area contributed by atoms with Crippen LogP contribution in [0.4, 0.5) is 5.13 Å². The van der Waals surface area contributed by atoms with E-state index in [9.17, 15) is 0 Å². The maximum absolute atomic E-state index is 4.38. The molecule has 0 aliphatic carbocycles. The number of nitrogens with one attached hydrogen (secondary N) is 1. The number of aryl methyl sites for hydroxylation is 1. The van der Waals surface area contributed by atoms with Crippen LogP contribution in [0.1, 0.15) is 11.3 Å². The summed E-state index contributed by atoms with van der Waals surface area (Å²) >= 11 is 1.54. The van der Waals surface area contributed by atoms with E-state index in [0.717, 1.165) is 27.3 Å². The summed E-state index contributed by atoms with van der Waals surface area (Å²) in [6.45, 7) is 1.96. The molecule has 0 atom stereocenters. The molecule has 1 N–H and O–H groups in total. The Kier molecular flexibility index (Phi) is 3.20. The van der Waals surface area contributed by atoms with Gasteiger partial charge >= 0.3 is 0 Å². The molecule has 0 bridgehead atoms. The number of para-hydroxylation sites is 1. The van der Waals surface area contributed by atoms with E-state index in [-0.39, 0.29) is 0 Å². The molecule has 0 fully saturated rings. The molecule has 0 unspecified atom stereocenters. The average molecular weight is 268 g/mol. The molecule has 3 rings (SSSR count). The summed E-state index contributed by atoms with van der Waals surface area (Å²) in [6, 6.07) is 10.0. The predicted octanol–water partition coefficient (Wildman–Crippen LogP) is 3.45. The molecular weight excluding hydrogens is 256 g/mol. The van der Waals surface area contributed by atoms with Crippen molar-refractivity contribution in [2.24, 2.45) is 5.10 Å². The lowest BCUT2D eigenvalue weighted by molar-refractivity contribution is 1.22. The van der Waals surface area contributed by atoms with Gasteiger partial charge in [-0.3, -0.25) is 10.4 Å². The first-order valence-electron chi connectivity index (χ1n) is 5.88. The summed E-state index contributed by atoms with van der Waals surface area (Å²) in [5.74, 6) is 0. The van der Waals surface area contributed by atoms with Gasteiger partial charge in [-0.15, -0.1) is 11.3 Å². The Balaban J connectivity index is 1.85. The van der Waals surface area contributed by atoms with Crippen LogP contribution in [-0.4, -0.2) is 16.2 Å². The van der Waals surface area contributed by atoms with Gasteiger partial charge in [0.25, 0.3) is 0 Å². The average Bonchev–Trinajstić information content (AvgIpc) is 2.85. The van der Waals surface area contributed by atoms with Crippen molar-refractivity contribution in [1.29, 1.82) is 0 Å². The van der Waals surface area contributed by atoms with Gasteiger partial charge in [0.2, 0.25) is 5.13 Å². The van der Waals surface area contributed by atoms with Gasteiger partial charge in [0.15, 0.2) is 0 Å². The fourth-order valence-electron chi connectivity index (χ4n) is 1.79. The Morgan fingerprint density at radius 3 is 3.00 bits per heavy atom. The topological polar surface area (TPSA) is 50.2 Å². The van der Waals surface area contributed by atoms with E-state index in [0.29, 0.717) is 0 Å². The standard InChI is InChI=1S/C14H12N4S/c1-10-9-19-14(17-10)18-16-8-12-5-2-4-11-6-3-7-15-13(11)12/h2-9H,1H3,(H,17,18). The third kappa shape index (κ3) is 2.61. The van der Waals surface area contributed by atoms with E-state index in [1.165, 1.54) is 11.3 Å². The first-order valence-corrected chi connectivity index (χ1v) is 6.76. The molecule has 0 saturated heterocycles. The second-order valence-corrected chi connectivity index (χ2v) is 4.94. The predicted molar refractivity (Wildman–Crippen MR) is 79.8 cm³/mol. The SMILES string of the molecule is Cc1csc(NN=Cc2cccc3cccnc23)n1. The Labute approximate surface area is 114 Å². The van der Waals surface area contributed by atoms with Crippen LogP contribution in [0, 0.1) is 6.92 Å². The van der Waals surface area contributed by atoms with Gasteiger partial charge in [0.1, 0.15) is 0 Å². The number of nitrogens with zero attached hydrogens (tertiary/aromatic N) is 3. The quantitative estimate of drug-likeness (QED) is 0.584. The molecule has 19 heavy (non-hydrogen) atoms. The second kappa shape index (κ2) is 5.16. The maximum Gasteiger partial charge on any atom is 0.203 e. The van der Waals surface area contributed by atoms with Gasteiger partial charge in [-0.2, -0.15) is 5.10 Å². The van der Waals surface area contributed by atoms with Crippen LogP contribution in [0.3, 0.4) is 0 Å². The van der Waals surface area contributed by atoms with Crippen molar-refractivity contribution in [2.45, 2.75) is 6.92 Å². The first kappa shape index (κ1) is 11.8. The number of hydrogen-bond donors (Lipinski definition) is 1. The van der Waals surface area contributed by atoms with Crippen LogP contribution in [-0.2, 0) is 0 Å². The van der Waals surface area contributed by atoms with Crippen LogP contribution in [0.5, 0.6) is 0 Å². The second-order valence-electron chi connectivity index (χ2n) is 4.09. The minimum atomic E-state index is 0.793. The summed E-state index contributed by atoms with van der Waals surface area (Å²) in [7, 11) is 0. The third-order valence-corrected chi connectivity index (χ3v) is 3.51. The van der Waals surface area contributed by atoms with Crippen LogP contribution >= 0.6 is 11.3 Å². The van der Waals surface area contributed by atoms with Gasteiger partial charge in [-0.1, -0.05) is 24.3 Å². The third-order valence-electron chi connectivity index (χ3n) is 2.65. The maximum atomic E-state index is 4.38. The van der Waals surface area contributed by atoms with Crippen molar-refractivity contribution < 1.29 is 0 Å². The minimum Gasteiger partial charge on any atom is -0.256 e. The Hall–Kier alpha value is -2.27. The molecule has 0 saturated carbocycles. The number of thiazole rings is 1. The highest BCUT2D eigenvalue weighted by Crippen LogP contribution is 2.16. The molecule has 1 aromatic carbocycles. The number of anilines is 1. The Morgan fingerprint density at radius 2 is 2.16 bits per heavy atom. The molecule has 4 nitrogen and oxygen atoms in total. The van der Waals surface area contributed by atoms with Crippen molar-refractivity contribution in [3.63, 3.8) is 0 Å². The van der Waals surface area contributed by atoms with E-state index < -0.39 is 0 Å². The van der Waals surface area contributed by atoms with Crippen LogP contribution in [0.15, 0.2) is 47.0 Å². The molecular formula is C14H12N4S. The number of hydrazone groups is 1. The van der Waals surface area contributed by atoms with Gasteiger partial charge < -0.3 is 0 Å². The molecule has 0 radical (unpaired) electrons. The zero-order valence-corrected chi connectivity index (χ0v) is 11.2. The zero-order chi connectivity index (χ0) is 13.1. The Bertz CT molecular complexity index is 728. The lowest BCUT2D eigenvalue weighted by Gasteiger charge is -2.00. The smallest absolute Gasteiger partial charge is 0.203 e. The molecule has 0 amide bonds. The van der Waals surface area contributed by atoms with E-state index in [1.807, 2.05) is 42.6 Å². The van der Waals surface area contributed by atoms with Crippen LogP contribution in [0.2, 0.25) is 0 Å². The fraction of sp³-hybridized carbons (Fsp3) is 0.0714. The molecule has 2 aromatic heterocycles. The molecule has 5 heteroatoms. The van der Waals surface area contributed by atoms with E-state index in [1.54, 1.807) is 12.4 Å². The Morgan fingerprint density at radius 1 is 1.26 bits per heavy atom. The summed E-state index contributed by atoms with van der Waals surface area (Å²) < 4.78 is 0. The highest BCUT2D eigenvalue weighted by molar-refractivity contribution is 7.13. The number of rotatable bonds is 3. The van der Waals surface area contributed by atoms with Gasteiger partial charge in [0, 0.05) is 22.5 Å². The van der Waals surface area contributed by atoms with Crippen molar-refractivity contribution >= 4 is 33.6 Å². The molecule has 0 spiro atoms. The van der Waals surface area contributed by atoms with Crippen molar-refractivity contribution in [3.8, 4) is 0 Å². The number of fused-ring (bicyclic) bond motifs is 1. The monoisotopic (exact) mass is 268 g/mol. The fourth-order valence-corrected chi connectivity index (χ4v) is 2.43. The van der Waals surface area contributed by atoms with Crippen molar-refractivity contribution in [1.82, 2.24) is 9.97 Å². The summed E-state index contributed by atoms with van der Waals surface area (Å²) in [5, 5.41) is 8.09. The van der Waals surface area contributed by atoms with Gasteiger partial charge in [-0.05, 0) is 13.0 Å². The molecule has 2 heterocycles. The number of aromatic nitrogens is 2. The highest BCUT2D eigenvalue weighted by atomic mass is 32.1. The number of benzene rings is 1. The van der Waals surface area contributed by atoms with E-state index in [2.05, 4.69) is 20.5 Å². The first-order chi connectivity index (χ1) is 9.33. The summed E-state index contributed by atoms with van der Waals surface area (Å²) in [4.78, 5) is 8.66. The van der Waals surface area contributed by atoms with Gasteiger partial charge in [-0.25, -0.2) is 4.98 Å². The lowest BCUT2D eigenvalue weighted by atomic mass is 10.1. The van der Waals surface area contributed by atoms with Crippen molar-refractivity contribution in [2.75, 3.05) is 5.43 Å². The minimum absolute atomic E-state index is 0.793. The van der Waals surface area contributed by atoms with Gasteiger partial charge in [0.05, 0.1) is 17.4 Å². The molecule has 0 aliphatic rings. The molecule has 0 aliphatic heterocycles. The van der Waals surface area contributed by atoms with Crippen molar-refractivity contribution in [3.05, 3.63) is 53.2 Å². The van der Waals surface area contributed by atoms with E-state index in [4.69, 9.17) is 0 Å². The zero-order valence-electron chi connectivity index (χ0n) is 10.4. The number of pyridine rings is 1. The highest BCUT2D eigenvalue weighted by Gasteiger charge is 1.99. The lowest BCUT2D eigenvalue weighted by Crippen LogP contribution is -1.92. The molecule has 3 aromatic rings. The van der Waals surface area contributed by atoms with E-state index >= 15 is 0 Å². The summed E-state index contributed by atoms with van der Waals surface area (Å²) in [6.07, 6.45) is 3.56. The normalized spacial score (nSPS) is 11.2. The molecule has 94 valence electrons. The number of hydrogen-bond acceptors (Lipinski definition) is 5. The van der Waals surface area contributed by atoms with Crippen LogP contribution < -0.4 is 5.43 Å². The van der Waals surface area contributed by atoms with Crippen LogP contribution in [0.25, 0.3) is 10.9 Å². The largest absolute Gasteiger partial charge is 0.256 e. The summed E-state index contributed by atoms with van der Waals surface area (Å²) in [5.41, 5.74) is 5.86.